The van der Waals surface area contributed by atoms with E-state index in [-0.39, 0.29) is 36.8 Å². The molecule has 0 aromatic heterocycles. The first-order chi connectivity index (χ1) is 9.63. The summed E-state index contributed by atoms with van der Waals surface area (Å²) >= 11 is 0. The van der Waals surface area contributed by atoms with Gasteiger partial charge in [0.25, 0.3) is 5.91 Å². The minimum absolute atomic E-state index is 0.131. The molecule has 20 heavy (non-hydrogen) atoms. The Balaban J connectivity index is 2.95. The van der Waals surface area contributed by atoms with Crippen molar-refractivity contribution >= 4 is 5.91 Å². The number of amides is 1. The van der Waals surface area contributed by atoms with E-state index in [0.29, 0.717) is 6.54 Å². The molecule has 0 aliphatic carbocycles. The van der Waals surface area contributed by atoms with E-state index in [2.05, 4.69) is 11.8 Å². The lowest BCUT2D eigenvalue weighted by Crippen LogP contribution is -2.34. The zero-order valence-corrected chi connectivity index (χ0v) is 11.4. The molecule has 0 spiro atoms. The lowest BCUT2D eigenvalue weighted by Gasteiger charge is -2.21. The van der Waals surface area contributed by atoms with E-state index in [1.165, 1.54) is 17.0 Å². The number of aliphatic hydroxyl groups is 2. The molecule has 0 radical (unpaired) electrons. The average Bonchev–Trinajstić information content (AvgIpc) is 2.45. The number of aliphatic hydroxyl groups excluding tert-OH is 2. The molecular weight excluding hydrogens is 261 g/mol. The first-order valence-electron chi connectivity index (χ1n) is 6.43. The summed E-state index contributed by atoms with van der Waals surface area (Å²) in [5.41, 5.74) is 0.360. The van der Waals surface area contributed by atoms with Crippen LogP contribution in [0.3, 0.4) is 0 Å². The van der Waals surface area contributed by atoms with E-state index in [4.69, 9.17) is 10.2 Å². The molecule has 0 saturated carbocycles. The number of halogens is 1. The molecule has 1 rings (SSSR count). The third-order valence-corrected chi connectivity index (χ3v) is 2.67. The molecule has 0 bridgehead atoms. The molecule has 5 heteroatoms. The maximum atomic E-state index is 13.8. The minimum Gasteiger partial charge on any atom is -0.395 e. The van der Waals surface area contributed by atoms with Crippen molar-refractivity contribution in [2.75, 3.05) is 26.3 Å². The largest absolute Gasteiger partial charge is 0.395 e. The van der Waals surface area contributed by atoms with Crippen molar-refractivity contribution in [3.05, 3.63) is 35.1 Å². The summed E-state index contributed by atoms with van der Waals surface area (Å²) < 4.78 is 13.8. The molecule has 2 N–H and O–H groups in total. The lowest BCUT2D eigenvalue weighted by atomic mass is 10.1. The van der Waals surface area contributed by atoms with Gasteiger partial charge in [0.1, 0.15) is 12.4 Å². The van der Waals surface area contributed by atoms with Gasteiger partial charge in [-0.3, -0.25) is 4.79 Å². The SMILES string of the molecule is CCCN(CCO)C(=O)c1ccc(C#CCO)c(F)c1. The van der Waals surface area contributed by atoms with Gasteiger partial charge in [0.2, 0.25) is 0 Å². The Morgan fingerprint density at radius 2 is 2.10 bits per heavy atom. The normalized spacial score (nSPS) is 9.80. The summed E-state index contributed by atoms with van der Waals surface area (Å²) in [6, 6.07) is 4.03. The fourth-order valence-electron chi connectivity index (χ4n) is 1.77. The second kappa shape index (κ2) is 8.31. The maximum Gasteiger partial charge on any atom is 0.254 e. The van der Waals surface area contributed by atoms with Crippen LogP contribution in [0, 0.1) is 17.7 Å². The van der Waals surface area contributed by atoms with E-state index in [9.17, 15) is 9.18 Å². The number of carbonyl (C=O) groups excluding carboxylic acids is 1. The van der Waals surface area contributed by atoms with E-state index in [1.54, 1.807) is 0 Å². The molecule has 0 unspecified atom stereocenters. The van der Waals surface area contributed by atoms with Crippen LogP contribution in [0.5, 0.6) is 0 Å². The van der Waals surface area contributed by atoms with Crippen molar-refractivity contribution in [2.45, 2.75) is 13.3 Å². The fraction of sp³-hybridized carbons (Fsp3) is 0.400. The minimum atomic E-state index is -0.600. The Hall–Kier alpha value is -1.90. The highest BCUT2D eigenvalue weighted by molar-refractivity contribution is 5.94. The van der Waals surface area contributed by atoms with Gasteiger partial charge in [0.15, 0.2) is 0 Å². The van der Waals surface area contributed by atoms with Crippen LogP contribution in [0.2, 0.25) is 0 Å². The predicted molar refractivity (Wildman–Crippen MR) is 73.6 cm³/mol. The van der Waals surface area contributed by atoms with E-state index in [0.717, 1.165) is 12.5 Å². The molecular formula is C15H18FNO3. The number of hydrogen-bond acceptors (Lipinski definition) is 3. The molecule has 1 aromatic carbocycles. The van der Waals surface area contributed by atoms with Crippen molar-refractivity contribution in [3.8, 4) is 11.8 Å². The summed E-state index contributed by atoms with van der Waals surface area (Å²) in [5.74, 6) is 3.91. The van der Waals surface area contributed by atoms with Crippen molar-refractivity contribution in [1.29, 1.82) is 0 Å². The molecule has 1 aromatic rings. The zero-order valence-electron chi connectivity index (χ0n) is 11.4. The number of carbonyl (C=O) groups is 1. The van der Waals surface area contributed by atoms with Crippen LogP contribution in [0.25, 0.3) is 0 Å². The van der Waals surface area contributed by atoms with Crippen LogP contribution in [-0.4, -0.2) is 47.3 Å². The molecule has 0 atom stereocenters. The monoisotopic (exact) mass is 279 g/mol. The second-order valence-electron chi connectivity index (χ2n) is 4.17. The molecule has 0 fully saturated rings. The summed E-state index contributed by atoms with van der Waals surface area (Å²) in [6.45, 7) is 2.18. The van der Waals surface area contributed by atoms with Gasteiger partial charge < -0.3 is 15.1 Å². The smallest absolute Gasteiger partial charge is 0.254 e. The van der Waals surface area contributed by atoms with Gasteiger partial charge in [-0.05, 0) is 24.6 Å². The van der Waals surface area contributed by atoms with E-state index in [1.807, 2.05) is 6.92 Å². The lowest BCUT2D eigenvalue weighted by molar-refractivity contribution is 0.0721. The highest BCUT2D eigenvalue weighted by Gasteiger charge is 2.15. The van der Waals surface area contributed by atoms with Crippen LogP contribution >= 0.6 is 0 Å². The molecule has 108 valence electrons. The first kappa shape index (κ1) is 16.2. The molecule has 0 aliphatic heterocycles. The Bertz CT molecular complexity index is 514. The Labute approximate surface area is 117 Å². The van der Waals surface area contributed by atoms with Crippen molar-refractivity contribution in [2.24, 2.45) is 0 Å². The quantitative estimate of drug-likeness (QED) is 0.791. The second-order valence-corrected chi connectivity index (χ2v) is 4.17. The Morgan fingerprint density at radius 3 is 2.65 bits per heavy atom. The first-order valence-corrected chi connectivity index (χ1v) is 6.43. The predicted octanol–water partition coefficient (Wildman–Crippen LogP) is 1.01. The van der Waals surface area contributed by atoms with Gasteiger partial charge in [0.05, 0.1) is 12.2 Å². The van der Waals surface area contributed by atoms with Crippen LogP contribution < -0.4 is 0 Å². The van der Waals surface area contributed by atoms with Crippen molar-refractivity contribution < 1.29 is 19.4 Å². The van der Waals surface area contributed by atoms with E-state index < -0.39 is 5.82 Å². The van der Waals surface area contributed by atoms with Crippen LogP contribution in [0.4, 0.5) is 4.39 Å². The number of nitrogens with zero attached hydrogens (tertiary/aromatic N) is 1. The zero-order chi connectivity index (χ0) is 15.0. The number of benzene rings is 1. The molecule has 4 nitrogen and oxygen atoms in total. The fourth-order valence-corrected chi connectivity index (χ4v) is 1.77. The van der Waals surface area contributed by atoms with Crippen LogP contribution in [-0.2, 0) is 0 Å². The summed E-state index contributed by atoms with van der Waals surface area (Å²) in [5, 5.41) is 17.5. The molecule has 0 aliphatic rings. The van der Waals surface area contributed by atoms with Crippen molar-refractivity contribution in [1.82, 2.24) is 4.90 Å². The van der Waals surface area contributed by atoms with Gasteiger partial charge in [-0.2, -0.15) is 0 Å². The maximum absolute atomic E-state index is 13.8. The van der Waals surface area contributed by atoms with Gasteiger partial charge in [-0.15, -0.1) is 0 Å². The average molecular weight is 279 g/mol. The molecule has 0 heterocycles. The van der Waals surface area contributed by atoms with Gasteiger partial charge in [0, 0.05) is 18.7 Å². The summed E-state index contributed by atoms with van der Waals surface area (Å²) in [7, 11) is 0. The highest BCUT2D eigenvalue weighted by Crippen LogP contribution is 2.12. The van der Waals surface area contributed by atoms with Crippen LogP contribution in [0.1, 0.15) is 29.3 Å². The third-order valence-electron chi connectivity index (χ3n) is 2.67. The van der Waals surface area contributed by atoms with Crippen molar-refractivity contribution in [3.63, 3.8) is 0 Å². The molecule has 0 saturated heterocycles. The topological polar surface area (TPSA) is 60.8 Å². The van der Waals surface area contributed by atoms with Gasteiger partial charge in [-0.25, -0.2) is 4.39 Å². The van der Waals surface area contributed by atoms with Gasteiger partial charge in [-0.1, -0.05) is 18.8 Å². The number of hydrogen-bond donors (Lipinski definition) is 2. The van der Waals surface area contributed by atoms with Crippen LogP contribution in [0.15, 0.2) is 18.2 Å². The standard InChI is InChI=1S/C15H18FNO3/c1-2-7-17(8-10-19)15(20)13-6-5-12(4-3-9-18)14(16)11-13/h5-6,11,18-19H,2,7-10H2,1H3. The molecule has 1 amide bonds. The number of rotatable bonds is 5. The Kier molecular flexibility index (Phi) is 6.71. The summed E-state index contributed by atoms with van der Waals surface area (Å²) in [6.07, 6.45) is 0.758. The third kappa shape index (κ3) is 4.34. The Morgan fingerprint density at radius 1 is 1.35 bits per heavy atom. The van der Waals surface area contributed by atoms with Gasteiger partial charge >= 0.3 is 0 Å². The van der Waals surface area contributed by atoms with E-state index >= 15 is 0 Å². The highest BCUT2D eigenvalue weighted by atomic mass is 19.1. The summed E-state index contributed by atoms with van der Waals surface area (Å²) in [4.78, 5) is 13.7.